The maximum Gasteiger partial charge on any atom is 0.255 e. The van der Waals surface area contributed by atoms with E-state index in [9.17, 15) is 9.59 Å². The first-order chi connectivity index (χ1) is 14.6. The Kier molecular flexibility index (Phi) is 6.75. The van der Waals surface area contributed by atoms with Crippen LogP contribution in [-0.2, 0) is 11.3 Å². The quantitative estimate of drug-likeness (QED) is 0.779. The molecule has 2 aromatic carbocycles. The second-order valence-corrected chi connectivity index (χ2v) is 9.27. The van der Waals surface area contributed by atoms with Crippen LogP contribution < -0.4 is 10.2 Å². The lowest BCUT2D eigenvalue weighted by atomic mass is 10.1. The number of carbonyl (C=O) groups is 2. The van der Waals surface area contributed by atoms with Gasteiger partial charge in [-0.3, -0.25) is 14.5 Å². The number of hydrogen-bond acceptors (Lipinski definition) is 4. The predicted molar refractivity (Wildman–Crippen MR) is 124 cm³/mol. The summed E-state index contributed by atoms with van der Waals surface area (Å²) in [5.41, 5.74) is 4.66. The molecule has 2 saturated heterocycles. The van der Waals surface area contributed by atoms with Crippen LogP contribution in [0.4, 0.5) is 11.4 Å². The van der Waals surface area contributed by atoms with Crippen LogP contribution >= 0.6 is 11.8 Å². The molecular weight excluding hydrogens is 394 g/mol. The molecule has 0 aliphatic carbocycles. The van der Waals surface area contributed by atoms with E-state index in [0.717, 1.165) is 56.0 Å². The van der Waals surface area contributed by atoms with Crippen molar-refractivity contribution in [2.75, 3.05) is 41.4 Å². The number of benzene rings is 2. The summed E-state index contributed by atoms with van der Waals surface area (Å²) < 4.78 is 0. The second-order valence-electron chi connectivity index (χ2n) is 8.04. The van der Waals surface area contributed by atoms with Crippen LogP contribution in [0.15, 0.2) is 42.5 Å². The van der Waals surface area contributed by atoms with Gasteiger partial charge in [-0.15, -0.1) is 0 Å². The number of amides is 2. The summed E-state index contributed by atoms with van der Waals surface area (Å²) in [5, 5.41) is 3.03. The highest BCUT2D eigenvalue weighted by atomic mass is 32.2. The Morgan fingerprint density at radius 1 is 1.03 bits per heavy atom. The minimum atomic E-state index is -0.129. The molecule has 2 amide bonds. The van der Waals surface area contributed by atoms with E-state index in [4.69, 9.17) is 0 Å². The number of nitrogens with zero attached hydrogens (tertiary/aromatic N) is 2. The van der Waals surface area contributed by atoms with E-state index >= 15 is 0 Å². The first-order valence-electron chi connectivity index (χ1n) is 10.7. The van der Waals surface area contributed by atoms with Gasteiger partial charge in [0.25, 0.3) is 5.91 Å². The van der Waals surface area contributed by atoms with E-state index in [1.807, 2.05) is 41.8 Å². The SMILES string of the molecule is Cc1cc(CN2CCSCC2)ccc1NC(=O)c1ccc(N2CCCCC2=O)cc1. The molecule has 2 fully saturated rings. The topological polar surface area (TPSA) is 52.7 Å². The van der Waals surface area contributed by atoms with Crippen LogP contribution in [0, 0.1) is 6.92 Å². The highest BCUT2D eigenvalue weighted by Crippen LogP contribution is 2.23. The lowest BCUT2D eigenvalue weighted by molar-refractivity contribution is -0.119. The average molecular weight is 424 g/mol. The number of nitrogens with one attached hydrogen (secondary N) is 1. The van der Waals surface area contributed by atoms with Crippen molar-refractivity contribution >= 4 is 35.0 Å². The lowest BCUT2D eigenvalue weighted by Crippen LogP contribution is -2.35. The molecule has 2 aliphatic heterocycles. The number of piperidine rings is 1. The molecule has 0 atom stereocenters. The molecule has 5 nitrogen and oxygen atoms in total. The fourth-order valence-corrected chi connectivity index (χ4v) is 5.03. The molecule has 4 rings (SSSR count). The monoisotopic (exact) mass is 423 g/mol. The normalized spacial score (nSPS) is 17.8. The van der Waals surface area contributed by atoms with Crippen molar-refractivity contribution < 1.29 is 9.59 Å². The smallest absolute Gasteiger partial charge is 0.255 e. The van der Waals surface area contributed by atoms with Crippen LogP contribution in [0.3, 0.4) is 0 Å². The molecule has 6 heteroatoms. The fourth-order valence-electron chi connectivity index (χ4n) is 4.05. The lowest BCUT2D eigenvalue weighted by Gasteiger charge is -2.26. The summed E-state index contributed by atoms with van der Waals surface area (Å²) in [7, 11) is 0. The molecule has 0 spiro atoms. The Hall–Kier alpha value is -2.31. The van der Waals surface area contributed by atoms with Gasteiger partial charge in [0.2, 0.25) is 5.91 Å². The van der Waals surface area contributed by atoms with E-state index < -0.39 is 0 Å². The Morgan fingerprint density at radius 2 is 1.80 bits per heavy atom. The summed E-state index contributed by atoms with van der Waals surface area (Å²) in [5.74, 6) is 2.45. The van der Waals surface area contributed by atoms with Gasteiger partial charge in [-0.1, -0.05) is 12.1 Å². The van der Waals surface area contributed by atoms with Gasteiger partial charge in [0.05, 0.1) is 0 Å². The van der Waals surface area contributed by atoms with Gasteiger partial charge < -0.3 is 10.2 Å². The first-order valence-corrected chi connectivity index (χ1v) is 11.9. The second kappa shape index (κ2) is 9.67. The van der Waals surface area contributed by atoms with E-state index in [1.165, 1.54) is 17.1 Å². The van der Waals surface area contributed by atoms with Crippen LogP contribution in [-0.4, -0.2) is 47.9 Å². The van der Waals surface area contributed by atoms with Crippen molar-refractivity contribution in [3.8, 4) is 0 Å². The van der Waals surface area contributed by atoms with Crippen molar-refractivity contribution in [2.45, 2.75) is 32.7 Å². The summed E-state index contributed by atoms with van der Waals surface area (Å²) in [4.78, 5) is 29.1. The van der Waals surface area contributed by atoms with Crippen LogP contribution in [0.1, 0.15) is 40.7 Å². The highest BCUT2D eigenvalue weighted by Gasteiger charge is 2.20. The number of anilines is 2. The Morgan fingerprint density at radius 3 is 2.50 bits per heavy atom. The first kappa shape index (κ1) is 20.9. The van der Waals surface area contributed by atoms with Gasteiger partial charge in [-0.2, -0.15) is 11.8 Å². The van der Waals surface area contributed by atoms with Crippen LogP contribution in [0.2, 0.25) is 0 Å². The largest absolute Gasteiger partial charge is 0.322 e. The number of carbonyl (C=O) groups excluding carboxylic acids is 2. The van der Waals surface area contributed by atoms with Crippen molar-refractivity contribution in [3.05, 3.63) is 59.2 Å². The highest BCUT2D eigenvalue weighted by molar-refractivity contribution is 7.99. The molecule has 2 aromatic rings. The standard InChI is InChI=1S/C24H29N3O2S/c1-18-16-19(17-26-12-14-30-15-13-26)5-10-22(18)25-24(29)20-6-8-21(9-7-20)27-11-3-2-4-23(27)28/h5-10,16H,2-4,11-15,17H2,1H3,(H,25,29). The van der Waals surface area contributed by atoms with Crippen molar-refractivity contribution in [1.29, 1.82) is 0 Å². The third-order valence-electron chi connectivity index (χ3n) is 5.81. The Bertz CT molecular complexity index is 907. The van der Waals surface area contributed by atoms with Crippen molar-refractivity contribution in [1.82, 2.24) is 4.90 Å². The molecule has 0 saturated carbocycles. The van der Waals surface area contributed by atoms with Gasteiger partial charge in [0, 0.05) is 61.0 Å². The molecule has 0 bridgehead atoms. The summed E-state index contributed by atoms with van der Waals surface area (Å²) in [6.07, 6.45) is 2.60. The summed E-state index contributed by atoms with van der Waals surface area (Å²) in [6, 6.07) is 13.6. The number of rotatable bonds is 5. The zero-order valence-electron chi connectivity index (χ0n) is 17.5. The van der Waals surface area contributed by atoms with Crippen LogP contribution in [0.25, 0.3) is 0 Å². The summed E-state index contributed by atoms with van der Waals surface area (Å²) in [6.45, 7) is 6.04. The maximum absolute atomic E-state index is 12.7. The molecule has 1 N–H and O–H groups in total. The third kappa shape index (κ3) is 5.05. The van der Waals surface area contributed by atoms with Gasteiger partial charge >= 0.3 is 0 Å². The fraction of sp³-hybridized carbons (Fsp3) is 0.417. The summed E-state index contributed by atoms with van der Waals surface area (Å²) >= 11 is 2.02. The molecule has 0 aromatic heterocycles. The molecule has 158 valence electrons. The van der Waals surface area contributed by atoms with Gasteiger partial charge in [0.15, 0.2) is 0 Å². The van der Waals surface area contributed by atoms with Gasteiger partial charge in [-0.05, 0) is 61.2 Å². The maximum atomic E-state index is 12.7. The predicted octanol–water partition coefficient (Wildman–Crippen LogP) is 4.31. The average Bonchev–Trinajstić information content (AvgIpc) is 2.77. The van der Waals surface area contributed by atoms with Crippen molar-refractivity contribution in [3.63, 3.8) is 0 Å². The van der Waals surface area contributed by atoms with E-state index in [1.54, 1.807) is 12.1 Å². The minimum absolute atomic E-state index is 0.129. The third-order valence-corrected chi connectivity index (χ3v) is 6.76. The van der Waals surface area contributed by atoms with Crippen molar-refractivity contribution in [2.24, 2.45) is 0 Å². The molecular formula is C24H29N3O2S. The minimum Gasteiger partial charge on any atom is -0.322 e. The van der Waals surface area contributed by atoms with E-state index in [-0.39, 0.29) is 11.8 Å². The molecule has 2 aliphatic rings. The zero-order valence-corrected chi connectivity index (χ0v) is 18.3. The van der Waals surface area contributed by atoms with E-state index in [2.05, 4.69) is 22.3 Å². The molecule has 0 radical (unpaired) electrons. The molecule has 0 unspecified atom stereocenters. The van der Waals surface area contributed by atoms with Gasteiger partial charge in [-0.25, -0.2) is 0 Å². The van der Waals surface area contributed by atoms with Gasteiger partial charge in [0.1, 0.15) is 0 Å². The Labute approximate surface area is 182 Å². The van der Waals surface area contributed by atoms with E-state index in [0.29, 0.717) is 12.0 Å². The molecule has 2 heterocycles. The zero-order chi connectivity index (χ0) is 20.9. The number of aryl methyl sites for hydroxylation is 1. The van der Waals surface area contributed by atoms with Crippen LogP contribution in [0.5, 0.6) is 0 Å². The molecule has 30 heavy (non-hydrogen) atoms. The Balaban J connectivity index is 1.38. The number of hydrogen-bond donors (Lipinski definition) is 1. The number of thioether (sulfide) groups is 1.